The van der Waals surface area contributed by atoms with Gasteiger partial charge in [-0.05, 0) is 30.3 Å². The number of hydrogen-bond acceptors (Lipinski definition) is 4. The summed E-state index contributed by atoms with van der Waals surface area (Å²) in [6.45, 7) is 0.0952. The van der Waals surface area contributed by atoms with Crippen LogP contribution >= 0.6 is 39.3 Å². The van der Waals surface area contributed by atoms with Crippen LogP contribution in [0.1, 0.15) is 6.42 Å². The van der Waals surface area contributed by atoms with Crippen molar-refractivity contribution in [2.24, 2.45) is 0 Å². The van der Waals surface area contributed by atoms with E-state index in [0.29, 0.717) is 10.9 Å². The molecule has 0 fully saturated rings. The van der Waals surface area contributed by atoms with E-state index in [1.165, 1.54) is 23.0 Å². The highest BCUT2D eigenvalue weighted by atomic mass is 79.9. The molecule has 0 saturated carbocycles. The fraction of sp³-hybridized carbons (Fsp3) is 0.167. The lowest BCUT2D eigenvalue weighted by atomic mass is 10.2. The molecule has 0 unspecified atom stereocenters. The predicted octanol–water partition coefficient (Wildman–Crippen LogP) is 5.16. The summed E-state index contributed by atoms with van der Waals surface area (Å²) in [4.78, 5) is 29.1. The summed E-state index contributed by atoms with van der Waals surface area (Å²) in [5, 5.41) is 3.13. The molecule has 1 N–H and O–H groups in total. The van der Waals surface area contributed by atoms with E-state index in [1.807, 2.05) is 0 Å². The maximum Gasteiger partial charge on any atom is 0.289 e. The molecule has 1 aromatic heterocycles. The fourth-order valence-electron chi connectivity index (χ4n) is 2.54. The highest BCUT2D eigenvalue weighted by Crippen LogP contribution is 2.37. The van der Waals surface area contributed by atoms with Crippen LogP contribution in [0, 0.1) is 0 Å². The van der Waals surface area contributed by atoms with E-state index in [0.717, 1.165) is 4.47 Å². The quantitative estimate of drug-likeness (QED) is 0.487. The van der Waals surface area contributed by atoms with Crippen molar-refractivity contribution in [2.45, 2.75) is 23.6 Å². The molecule has 3 aromatic rings. The highest BCUT2D eigenvalue weighted by molar-refractivity contribution is 9.10. The van der Waals surface area contributed by atoms with Crippen molar-refractivity contribution in [1.29, 1.82) is 0 Å². The second-order valence-electron chi connectivity index (χ2n) is 5.70. The maximum atomic E-state index is 12.7. The summed E-state index contributed by atoms with van der Waals surface area (Å²) in [5.74, 6) is -3.10. The monoisotopic (exact) mass is 487 g/mol. The second-order valence-corrected chi connectivity index (χ2v) is 8.02. The highest BCUT2D eigenvalue weighted by Gasteiger charge is 2.15. The molecule has 146 valence electrons. The molecule has 2 aromatic carbocycles. The van der Waals surface area contributed by atoms with E-state index < -0.39 is 11.7 Å². The number of hydrogen-bond donors (Lipinski definition) is 1. The van der Waals surface area contributed by atoms with Crippen LogP contribution in [0.3, 0.4) is 0 Å². The zero-order chi connectivity index (χ0) is 20.3. The van der Waals surface area contributed by atoms with Gasteiger partial charge < -0.3 is 5.32 Å². The molecular weight excluding hydrogens is 476 g/mol. The molecule has 0 bridgehead atoms. The minimum atomic E-state index is -2.67. The van der Waals surface area contributed by atoms with Crippen molar-refractivity contribution >= 4 is 61.8 Å². The van der Waals surface area contributed by atoms with Crippen LogP contribution in [0.25, 0.3) is 10.9 Å². The number of fused-ring (bicyclic) bond motifs is 1. The van der Waals surface area contributed by atoms with Gasteiger partial charge in [0.2, 0.25) is 5.91 Å². The number of aromatic nitrogens is 2. The van der Waals surface area contributed by atoms with E-state index >= 15 is 0 Å². The first-order valence-corrected chi connectivity index (χ1v) is 10.1. The van der Waals surface area contributed by atoms with Crippen LogP contribution in [-0.2, 0) is 11.3 Å². The molecule has 5 nitrogen and oxygen atoms in total. The predicted molar refractivity (Wildman–Crippen MR) is 110 cm³/mol. The lowest BCUT2D eigenvalue weighted by Crippen LogP contribution is -2.23. The first-order valence-electron chi connectivity index (χ1n) is 8.03. The Kier molecular flexibility index (Phi) is 6.69. The number of nitrogens with zero attached hydrogens (tertiary/aromatic N) is 2. The summed E-state index contributed by atoms with van der Waals surface area (Å²) in [7, 11) is 0. The van der Waals surface area contributed by atoms with Gasteiger partial charge in [0.1, 0.15) is 0 Å². The van der Waals surface area contributed by atoms with E-state index in [-0.39, 0.29) is 45.9 Å². The Balaban J connectivity index is 1.73. The Morgan fingerprint density at radius 1 is 1.32 bits per heavy atom. The van der Waals surface area contributed by atoms with Crippen molar-refractivity contribution in [3.63, 3.8) is 0 Å². The topological polar surface area (TPSA) is 64.0 Å². The molecule has 0 atom stereocenters. The SMILES string of the molecule is O=C(CCn1cnc2ccc(Br)cc2c1=O)Nc1cccc(Cl)c1SC(F)F. The number of anilines is 1. The van der Waals surface area contributed by atoms with Crippen molar-refractivity contribution in [2.75, 3.05) is 5.32 Å². The first-order chi connectivity index (χ1) is 13.3. The minimum Gasteiger partial charge on any atom is -0.325 e. The third-order valence-corrected chi connectivity index (χ3v) is 5.59. The Hall–Kier alpha value is -1.97. The maximum absolute atomic E-state index is 12.7. The van der Waals surface area contributed by atoms with Gasteiger partial charge in [0, 0.05) is 17.4 Å². The number of halogens is 4. The Morgan fingerprint density at radius 3 is 2.86 bits per heavy atom. The van der Waals surface area contributed by atoms with Crippen LogP contribution in [-0.4, -0.2) is 21.2 Å². The third kappa shape index (κ3) is 4.89. The van der Waals surface area contributed by atoms with Gasteiger partial charge in [-0.25, -0.2) is 4.98 Å². The molecular formula is C18H13BrClF2N3O2S. The zero-order valence-corrected chi connectivity index (χ0v) is 17.3. The van der Waals surface area contributed by atoms with Gasteiger partial charge in [-0.3, -0.25) is 14.2 Å². The average molecular weight is 489 g/mol. The Labute approximate surface area is 176 Å². The summed E-state index contributed by atoms with van der Waals surface area (Å²) in [6, 6.07) is 9.70. The van der Waals surface area contributed by atoms with Gasteiger partial charge >= 0.3 is 0 Å². The minimum absolute atomic E-state index is 0.0353. The molecule has 0 aliphatic rings. The van der Waals surface area contributed by atoms with Gasteiger partial charge in [-0.15, -0.1) is 0 Å². The van der Waals surface area contributed by atoms with Gasteiger partial charge in [0.05, 0.1) is 32.8 Å². The smallest absolute Gasteiger partial charge is 0.289 e. The number of aryl methyl sites for hydroxylation is 1. The Morgan fingerprint density at radius 2 is 2.11 bits per heavy atom. The van der Waals surface area contributed by atoms with E-state index in [9.17, 15) is 18.4 Å². The fourth-order valence-corrected chi connectivity index (χ4v) is 3.82. The number of nitrogens with one attached hydrogen (secondary N) is 1. The molecule has 3 rings (SSSR count). The van der Waals surface area contributed by atoms with Crippen molar-refractivity contribution < 1.29 is 13.6 Å². The van der Waals surface area contributed by atoms with Gasteiger partial charge in [-0.1, -0.05) is 45.4 Å². The lowest BCUT2D eigenvalue weighted by Gasteiger charge is -2.12. The number of carbonyl (C=O) groups excluding carboxylic acids is 1. The largest absolute Gasteiger partial charge is 0.325 e. The van der Waals surface area contributed by atoms with Crippen molar-refractivity contribution in [3.05, 3.63) is 62.6 Å². The number of carbonyl (C=O) groups is 1. The van der Waals surface area contributed by atoms with Gasteiger partial charge in [0.15, 0.2) is 0 Å². The number of benzene rings is 2. The summed E-state index contributed by atoms with van der Waals surface area (Å²) in [5.41, 5.74) is 0.494. The third-order valence-electron chi connectivity index (χ3n) is 3.81. The van der Waals surface area contributed by atoms with Crippen LogP contribution < -0.4 is 10.9 Å². The molecule has 28 heavy (non-hydrogen) atoms. The molecule has 0 spiro atoms. The zero-order valence-electron chi connectivity index (χ0n) is 14.2. The molecule has 1 heterocycles. The van der Waals surface area contributed by atoms with Crippen LogP contribution in [0.15, 0.2) is 56.9 Å². The molecule has 1 amide bonds. The molecule has 0 radical (unpaired) electrons. The number of alkyl halides is 2. The van der Waals surface area contributed by atoms with Gasteiger partial charge in [-0.2, -0.15) is 8.78 Å². The summed E-state index contributed by atoms with van der Waals surface area (Å²) >= 11 is 9.53. The lowest BCUT2D eigenvalue weighted by molar-refractivity contribution is -0.116. The van der Waals surface area contributed by atoms with Gasteiger partial charge in [0.25, 0.3) is 11.3 Å². The number of amides is 1. The van der Waals surface area contributed by atoms with E-state index in [2.05, 4.69) is 26.2 Å². The Bertz CT molecular complexity index is 1090. The van der Waals surface area contributed by atoms with Crippen LogP contribution in [0.2, 0.25) is 5.02 Å². The number of rotatable bonds is 6. The molecule has 0 aliphatic heterocycles. The number of thioether (sulfide) groups is 1. The van der Waals surface area contributed by atoms with E-state index in [1.54, 1.807) is 24.3 Å². The molecule has 10 heteroatoms. The molecule has 0 saturated heterocycles. The summed E-state index contributed by atoms with van der Waals surface area (Å²) in [6.07, 6.45) is 1.34. The summed E-state index contributed by atoms with van der Waals surface area (Å²) < 4.78 is 27.5. The second kappa shape index (κ2) is 9.02. The normalized spacial score (nSPS) is 11.2. The molecule has 0 aliphatic carbocycles. The van der Waals surface area contributed by atoms with Crippen LogP contribution in [0.4, 0.5) is 14.5 Å². The standard InChI is InChI=1S/C18H13BrClF2N3O2S/c19-10-4-5-13-11(8-10)17(27)25(9-23-13)7-6-15(26)24-14-3-1-2-12(20)16(14)28-18(21)22/h1-5,8-9,18H,6-7H2,(H,24,26). The first kappa shape index (κ1) is 20.8. The van der Waals surface area contributed by atoms with Crippen LogP contribution in [0.5, 0.6) is 0 Å². The van der Waals surface area contributed by atoms with Crippen molar-refractivity contribution in [1.82, 2.24) is 9.55 Å². The average Bonchev–Trinajstić information content (AvgIpc) is 2.64. The van der Waals surface area contributed by atoms with E-state index in [4.69, 9.17) is 11.6 Å². The van der Waals surface area contributed by atoms with Crippen molar-refractivity contribution in [3.8, 4) is 0 Å².